The normalized spacial score (nSPS) is 11.7. The summed E-state index contributed by atoms with van der Waals surface area (Å²) in [6.07, 6.45) is 0. The van der Waals surface area contributed by atoms with Crippen molar-refractivity contribution in [1.82, 2.24) is 0 Å². The van der Waals surface area contributed by atoms with Crippen molar-refractivity contribution < 1.29 is 8.85 Å². The Balaban J connectivity index is 2.74. The molecule has 3 nitrogen and oxygen atoms in total. The van der Waals surface area contributed by atoms with Gasteiger partial charge in [-0.1, -0.05) is 12.1 Å². The van der Waals surface area contributed by atoms with Crippen LogP contribution in [0.3, 0.4) is 0 Å². The van der Waals surface area contributed by atoms with Gasteiger partial charge in [-0.15, -0.1) is 0 Å². The Bertz CT molecular complexity index is 325. The number of rotatable bonds is 6. The molecule has 0 aromatic heterocycles. The average molecular weight is 239 g/mol. The molecule has 0 saturated heterocycles. The van der Waals surface area contributed by atoms with Crippen molar-refractivity contribution in [1.29, 1.82) is 0 Å². The van der Waals surface area contributed by atoms with Gasteiger partial charge in [0.25, 0.3) is 0 Å². The molecule has 1 aromatic carbocycles. The second-order valence-electron chi connectivity index (χ2n) is 3.92. The second-order valence-corrected chi connectivity index (χ2v) is 7.12. The molecule has 0 aliphatic heterocycles. The molecule has 0 bridgehead atoms. The van der Waals surface area contributed by atoms with Crippen LogP contribution in [0.25, 0.3) is 0 Å². The van der Waals surface area contributed by atoms with Gasteiger partial charge in [0.15, 0.2) is 0 Å². The first-order chi connectivity index (χ1) is 7.59. The maximum absolute atomic E-state index is 5.79. The van der Waals surface area contributed by atoms with Crippen LogP contribution in [0.1, 0.15) is 19.4 Å². The third kappa shape index (κ3) is 3.96. The van der Waals surface area contributed by atoms with Crippen molar-refractivity contribution in [2.24, 2.45) is 0 Å². The van der Waals surface area contributed by atoms with E-state index in [4.69, 9.17) is 14.6 Å². The maximum atomic E-state index is 5.79. The van der Waals surface area contributed by atoms with Crippen molar-refractivity contribution in [3.63, 3.8) is 0 Å². The van der Waals surface area contributed by atoms with E-state index in [1.165, 1.54) is 5.56 Å². The van der Waals surface area contributed by atoms with Crippen LogP contribution in [0.5, 0.6) is 0 Å². The molecule has 0 amide bonds. The molecule has 1 rings (SSSR count). The van der Waals surface area contributed by atoms with Crippen LogP contribution in [0.15, 0.2) is 24.3 Å². The minimum absolute atomic E-state index is 0.699. The zero-order valence-corrected chi connectivity index (χ0v) is 11.3. The molecule has 0 fully saturated rings. The standard InChI is InChI=1S/C12H21NO2Si/c1-4-14-16(3,15-5-2)10-11-7-6-8-12(13)9-11/h6-9H,4-5,10,13H2,1-3H3. The Morgan fingerprint density at radius 1 is 1.19 bits per heavy atom. The lowest BCUT2D eigenvalue weighted by Crippen LogP contribution is -2.41. The van der Waals surface area contributed by atoms with E-state index in [0.717, 1.165) is 11.7 Å². The highest BCUT2D eigenvalue weighted by molar-refractivity contribution is 6.65. The molecular weight excluding hydrogens is 218 g/mol. The molecule has 4 heteroatoms. The summed E-state index contributed by atoms with van der Waals surface area (Å²) >= 11 is 0. The zero-order valence-electron chi connectivity index (χ0n) is 10.3. The van der Waals surface area contributed by atoms with E-state index in [9.17, 15) is 0 Å². The van der Waals surface area contributed by atoms with Crippen LogP contribution < -0.4 is 5.73 Å². The highest BCUT2D eigenvalue weighted by Crippen LogP contribution is 2.16. The highest BCUT2D eigenvalue weighted by atomic mass is 28.4. The smallest absolute Gasteiger partial charge is 0.339 e. The summed E-state index contributed by atoms with van der Waals surface area (Å²) in [6, 6.07) is 8.77. The lowest BCUT2D eigenvalue weighted by atomic mass is 10.2. The summed E-state index contributed by atoms with van der Waals surface area (Å²) in [6.45, 7) is 7.51. The van der Waals surface area contributed by atoms with E-state index in [1.807, 2.05) is 32.0 Å². The highest BCUT2D eigenvalue weighted by Gasteiger charge is 2.30. The van der Waals surface area contributed by atoms with E-state index < -0.39 is 8.56 Å². The number of benzene rings is 1. The van der Waals surface area contributed by atoms with Crippen molar-refractivity contribution in [2.45, 2.75) is 26.4 Å². The molecule has 0 atom stereocenters. The molecule has 0 saturated carbocycles. The van der Waals surface area contributed by atoms with Crippen LogP contribution in [0.4, 0.5) is 5.69 Å². The van der Waals surface area contributed by atoms with Gasteiger partial charge in [0.1, 0.15) is 0 Å². The van der Waals surface area contributed by atoms with Gasteiger partial charge in [-0.3, -0.25) is 0 Å². The van der Waals surface area contributed by atoms with Gasteiger partial charge < -0.3 is 14.6 Å². The predicted molar refractivity (Wildman–Crippen MR) is 69.4 cm³/mol. The molecule has 0 heterocycles. The molecule has 0 unspecified atom stereocenters. The molecular formula is C12H21NO2Si. The van der Waals surface area contributed by atoms with Crippen molar-refractivity contribution >= 4 is 14.2 Å². The van der Waals surface area contributed by atoms with Crippen molar-refractivity contribution in [3.8, 4) is 0 Å². The summed E-state index contributed by atoms with van der Waals surface area (Å²) in [7, 11) is -2.07. The van der Waals surface area contributed by atoms with Crippen LogP contribution in [0.2, 0.25) is 6.55 Å². The van der Waals surface area contributed by atoms with E-state index in [1.54, 1.807) is 0 Å². The summed E-state index contributed by atoms with van der Waals surface area (Å²) in [5, 5.41) is 0. The lowest BCUT2D eigenvalue weighted by molar-refractivity contribution is 0.188. The topological polar surface area (TPSA) is 44.5 Å². The van der Waals surface area contributed by atoms with Crippen LogP contribution >= 0.6 is 0 Å². The van der Waals surface area contributed by atoms with Gasteiger partial charge in [0.05, 0.1) is 0 Å². The number of nitrogens with two attached hydrogens (primary N) is 1. The Morgan fingerprint density at radius 3 is 2.31 bits per heavy atom. The van der Waals surface area contributed by atoms with E-state index in [0.29, 0.717) is 13.2 Å². The minimum atomic E-state index is -2.07. The molecule has 0 spiro atoms. The molecule has 0 aliphatic rings. The Hall–Kier alpha value is -0.843. The van der Waals surface area contributed by atoms with Gasteiger partial charge in [-0.25, -0.2) is 0 Å². The third-order valence-electron chi connectivity index (χ3n) is 2.38. The zero-order chi connectivity index (χ0) is 12.0. The van der Waals surface area contributed by atoms with Gasteiger partial charge in [0, 0.05) is 24.9 Å². The van der Waals surface area contributed by atoms with Crippen LogP contribution in [-0.4, -0.2) is 21.8 Å². The fourth-order valence-corrected chi connectivity index (χ4v) is 4.30. The quantitative estimate of drug-likeness (QED) is 0.613. The van der Waals surface area contributed by atoms with Gasteiger partial charge in [-0.2, -0.15) is 0 Å². The van der Waals surface area contributed by atoms with E-state index in [-0.39, 0.29) is 0 Å². The fraction of sp³-hybridized carbons (Fsp3) is 0.500. The summed E-state index contributed by atoms with van der Waals surface area (Å²) in [5.74, 6) is 0. The van der Waals surface area contributed by atoms with Crippen LogP contribution in [-0.2, 0) is 14.9 Å². The van der Waals surface area contributed by atoms with Crippen LogP contribution in [0, 0.1) is 0 Å². The second kappa shape index (κ2) is 6.03. The molecule has 0 radical (unpaired) electrons. The number of hydrogen-bond acceptors (Lipinski definition) is 3. The van der Waals surface area contributed by atoms with Gasteiger partial charge in [-0.05, 0) is 38.1 Å². The Morgan fingerprint density at radius 2 is 1.81 bits per heavy atom. The Kier molecular flexibility index (Phi) is 4.98. The fourth-order valence-electron chi connectivity index (χ4n) is 1.83. The summed E-state index contributed by atoms with van der Waals surface area (Å²) in [4.78, 5) is 0. The first-order valence-electron chi connectivity index (χ1n) is 5.72. The minimum Gasteiger partial charge on any atom is -0.399 e. The SMILES string of the molecule is CCO[Si](C)(Cc1cccc(N)c1)OCC. The van der Waals surface area contributed by atoms with Crippen molar-refractivity contribution in [2.75, 3.05) is 18.9 Å². The summed E-state index contributed by atoms with van der Waals surface area (Å²) < 4.78 is 11.6. The summed E-state index contributed by atoms with van der Waals surface area (Å²) in [5.41, 5.74) is 7.74. The van der Waals surface area contributed by atoms with Crippen molar-refractivity contribution in [3.05, 3.63) is 29.8 Å². The molecule has 1 aromatic rings. The predicted octanol–water partition coefficient (Wildman–Crippen LogP) is 2.50. The molecule has 16 heavy (non-hydrogen) atoms. The van der Waals surface area contributed by atoms with E-state index in [2.05, 4.69) is 12.6 Å². The Labute approximate surface area is 98.8 Å². The number of nitrogen functional groups attached to an aromatic ring is 1. The first kappa shape index (κ1) is 13.2. The molecule has 2 N–H and O–H groups in total. The monoisotopic (exact) mass is 239 g/mol. The van der Waals surface area contributed by atoms with Gasteiger partial charge >= 0.3 is 8.56 Å². The molecule has 0 aliphatic carbocycles. The van der Waals surface area contributed by atoms with E-state index >= 15 is 0 Å². The number of anilines is 1. The largest absolute Gasteiger partial charge is 0.399 e. The average Bonchev–Trinajstić information content (AvgIpc) is 2.17. The first-order valence-corrected chi connectivity index (χ1v) is 8.24. The lowest BCUT2D eigenvalue weighted by Gasteiger charge is -2.26. The van der Waals surface area contributed by atoms with Gasteiger partial charge in [0.2, 0.25) is 0 Å². The molecule has 90 valence electrons. The number of hydrogen-bond donors (Lipinski definition) is 1. The third-order valence-corrected chi connectivity index (χ3v) is 5.22. The maximum Gasteiger partial charge on any atom is 0.339 e.